The molecule has 33 heavy (non-hydrogen) atoms. The van der Waals surface area contributed by atoms with Crippen molar-refractivity contribution in [2.75, 3.05) is 19.8 Å². The van der Waals surface area contributed by atoms with Crippen molar-refractivity contribution in [1.82, 2.24) is 5.32 Å². The van der Waals surface area contributed by atoms with Gasteiger partial charge < -0.3 is 20.9 Å². The third-order valence-electron chi connectivity index (χ3n) is 5.32. The van der Waals surface area contributed by atoms with Crippen molar-refractivity contribution in [1.29, 1.82) is 0 Å². The molecule has 1 saturated heterocycles. The van der Waals surface area contributed by atoms with Crippen LogP contribution in [0.1, 0.15) is 44.2 Å². The maximum Gasteiger partial charge on any atom is 2.00 e. The Balaban J connectivity index is 0.00000385. The number of carbonyl (C=O) groups is 1. The first kappa shape index (κ1) is 28.6. The molecule has 0 bridgehead atoms. The largest absolute Gasteiger partial charge is 2.00 e. The molecule has 1 aliphatic rings. The van der Waals surface area contributed by atoms with Gasteiger partial charge in [0.25, 0.3) is 0 Å². The van der Waals surface area contributed by atoms with Gasteiger partial charge in [-0.2, -0.15) is 24.6 Å². The van der Waals surface area contributed by atoms with Gasteiger partial charge in [-0.1, -0.05) is 35.9 Å². The van der Waals surface area contributed by atoms with E-state index >= 15 is 0 Å². The van der Waals surface area contributed by atoms with E-state index in [2.05, 4.69) is 15.4 Å². The van der Waals surface area contributed by atoms with Crippen LogP contribution < -0.4 is 10.1 Å². The Kier molecular flexibility index (Phi) is 12.7. The Labute approximate surface area is 236 Å². The fourth-order valence-electron chi connectivity index (χ4n) is 3.63. The summed E-state index contributed by atoms with van der Waals surface area (Å²) in [5.74, 6) is 0.682. The van der Waals surface area contributed by atoms with E-state index in [1.54, 1.807) is 0 Å². The van der Waals surface area contributed by atoms with Crippen molar-refractivity contribution in [2.24, 2.45) is 0 Å². The zero-order valence-corrected chi connectivity index (χ0v) is 26.1. The number of allylic oxidation sites excluding steroid dienone is 1. The third-order valence-corrected chi connectivity index (χ3v) is 8.19. The number of rotatable bonds is 10. The summed E-state index contributed by atoms with van der Waals surface area (Å²) in [4.78, 5) is 12.5. The van der Waals surface area contributed by atoms with Gasteiger partial charge in [-0.05, 0) is 50.4 Å². The molecule has 1 heterocycles. The normalized spacial score (nSPS) is 18.5. The Morgan fingerprint density at radius 3 is 2.52 bits per heavy atom. The van der Waals surface area contributed by atoms with Crippen molar-refractivity contribution >= 4 is 42.3 Å². The zero-order valence-electron chi connectivity index (χ0n) is 19.0. The van der Waals surface area contributed by atoms with Crippen LogP contribution in [0.4, 0.5) is 0 Å². The molecule has 0 amide bonds. The van der Waals surface area contributed by atoms with Gasteiger partial charge in [-0.3, -0.25) is 4.79 Å². The number of esters is 1. The molecule has 1 fully saturated rings. The van der Waals surface area contributed by atoms with E-state index in [0.717, 1.165) is 47.7 Å². The van der Waals surface area contributed by atoms with E-state index in [0.29, 0.717) is 19.6 Å². The summed E-state index contributed by atoms with van der Waals surface area (Å²) in [7, 11) is 0. The predicted octanol–water partition coefficient (Wildman–Crippen LogP) is 5.74. The number of ether oxygens (including phenoxy) is 2. The molecule has 7 heteroatoms. The van der Waals surface area contributed by atoms with E-state index in [1.807, 2.05) is 62.4 Å². The third kappa shape index (κ3) is 8.82. The molecular weight excluding hydrogens is 775 g/mol. The van der Waals surface area contributed by atoms with Crippen molar-refractivity contribution in [2.45, 2.75) is 45.1 Å². The second kappa shape index (κ2) is 14.7. The first-order valence-electron chi connectivity index (χ1n) is 10.9. The van der Waals surface area contributed by atoms with Crippen LogP contribution in [-0.2, 0) is 16.0 Å². The molecule has 0 spiro atoms. The number of halogens is 2. The first-order chi connectivity index (χ1) is 15.5. The summed E-state index contributed by atoms with van der Waals surface area (Å²) in [5.41, 5.74) is 1.57. The van der Waals surface area contributed by atoms with Crippen LogP contribution in [0.25, 0.3) is 0 Å². The molecule has 0 radical (unpaired) electrons. The summed E-state index contributed by atoms with van der Waals surface area (Å²) in [5, 5.41) is 4.11. The van der Waals surface area contributed by atoms with Gasteiger partial charge in [0.05, 0.1) is 13.2 Å². The average Bonchev–Trinajstić information content (AvgIpc) is 3.28. The first-order valence-corrected chi connectivity index (χ1v) is 13.4. The van der Waals surface area contributed by atoms with Gasteiger partial charge in [0.1, 0.15) is 11.3 Å². The molecule has 0 saturated carbocycles. The fraction of sp³-hybridized carbons (Fsp3) is 0.385. The summed E-state index contributed by atoms with van der Waals surface area (Å²) < 4.78 is 16.0. The minimum absolute atomic E-state index is 0. The van der Waals surface area contributed by atoms with E-state index < -0.39 is 5.54 Å². The fourth-order valence-corrected chi connectivity index (χ4v) is 5.51. The Morgan fingerprint density at radius 1 is 1.18 bits per heavy atom. The van der Waals surface area contributed by atoms with Crippen LogP contribution in [0, 0.1) is 37.2 Å². The molecule has 1 N–H and O–H groups in total. The second-order valence-electron chi connectivity index (χ2n) is 7.60. The van der Waals surface area contributed by atoms with Gasteiger partial charge in [0, 0.05) is 11.4 Å². The number of benzene rings is 2. The number of nitrogens with one attached hydrogen (secondary N) is 1. The monoisotopic (exact) mass is 803 g/mol. The molecule has 0 aliphatic carbocycles. The van der Waals surface area contributed by atoms with Gasteiger partial charge in [-0.25, -0.2) is 24.3 Å². The standard InChI is InChI=1S/C26H29ClINO3.U/c1-3-23(28-19-21-6-10-22(27)11-7-21)14-17-32-24-12-8-20(9-13-24)18-26(15-5-16-29-26)25(30)31-4-2;/h6-13,29H,4-5,14-18H2,1-2H3;/q-2;+2. The number of carbonyl (C=O) groups excluding carboxylic acids is 1. The molecular formula is C26H29ClINO3U. The van der Waals surface area contributed by atoms with Crippen LogP contribution in [0.15, 0.2) is 52.1 Å². The number of hydrogen-bond acceptors (Lipinski definition) is 4. The predicted molar refractivity (Wildman–Crippen MR) is 139 cm³/mol. The van der Waals surface area contributed by atoms with Crippen LogP contribution in [0.3, 0.4) is 0 Å². The number of hydrogen-bond donors (Lipinski definition) is 1. The molecule has 3 rings (SSSR count). The summed E-state index contributed by atoms with van der Waals surface area (Å²) in [6, 6.07) is 15.8. The van der Waals surface area contributed by atoms with Crippen molar-refractivity contribution in [3.8, 4) is 5.75 Å². The molecule has 1 unspecified atom stereocenters. The summed E-state index contributed by atoms with van der Waals surface area (Å²) in [6.45, 7) is 5.65. The SMILES string of the molecule is C[C-]=C(CCOc1ccc(CC2(C(=O)OCC)CCCN2)cc1)I=[C-]c1ccc(Cl)cc1.[U+2]. The van der Waals surface area contributed by atoms with Crippen molar-refractivity contribution in [3.05, 3.63) is 74.3 Å². The molecule has 0 aromatic heterocycles. The smallest absolute Gasteiger partial charge is 0.493 e. The van der Waals surface area contributed by atoms with Crippen molar-refractivity contribution < 1.29 is 45.4 Å². The van der Waals surface area contributed by atoms with Crippen LogP contribution in [-0.4, -0.2) is 35.3 Å². The average molecular weight is 804 g/mol. The van der Waals surface area contributed by atoms with Crippen LogP contribution in [0.5, 0.6) is 5.75 Å². The van der Waals surface area contributed by atoms with Gasteiger partial charge in [-0.15, -0.1) is 4.01 Å². The molecule has 1 atom stereocenters. The van der Waals surface area contributed by atoms with Gasteiger partial charge in [0.15, 0.2) is 0 Å². The maximum absolute atomic E-state index is 12.5. The Morgan fingerprint density at radius 2 is 1.91 bits per heavy atom. The van der Waals surface area contributed by atoms with Gasteiger partial charge >= 0.3 is 37.1 Å². The van der Waals surface area contributed by atoms with Crippen LogP contribution in [0.2, 0.25) is 5.02 Å². The molecule has 1 aliphatic heterocycles. The summed E-state index contributed by atoms with van der Waals surface area (Å²) >= 11 is 5.58. The Hall–Kier alpha value is -0.648. The summed E-state index contributed by atoms with van der Waals surface area (Å²) in [6.07, 6.45) is 6.55. The molecule has 2 aromatic rings. The topological polar surface area (TPSA) is 47.6 Å². The van der Waals surface area contributed by atoms with E-state index in [9.17, 15) is 4.79 Å². The van der Waals surface area contributed by atoms with E-state index in [-0.39, 0.29) is 57.8 Å². The molecule has 2 aromatic carbocycles. The van der Waals surface area contributed by atoms with Crippen molar-refractivity contribution in [3.63, 3.8) is 0 Å². The minimum Gasteiger partial charge on any atom is -0.493 e. The molecule has 174 valence electrons. The second-order valence-corrected chi connectivity index (χ2v) is 10.4. The minimum atomic E-state index is -0.601. The van der Waals surface area contributed by atoms with Gasteiger partial charge in [0.2, 0.25) is 0 Å². The quantitative estimate of drug-likeness (QED) is 0.189. The maximum atomic E-state index is 12.5. The zero-order chi connectivity index (χ0) is 22.8. The van der Waals surface area contributed by atoms with E-state index in [1.165, 1.54) is 3.58 Å². The van der Waals surface area contributed by atoms with Crippen LogP contribution >= 0.6 is 32.3 Å². The Bertz CT molecular complexity index is 939. The molecule has 4 nitrogen and oxygen atoms in total. The van der Waals surface area contributed by atoms with E-state index in [4.69, 9.17) is 21.1 Å².